The fourth-order valence-electron chi connectivity index (χ4n) is 1.58. The van der Waals surface area contributed by atoms with Crippen LogP contribution in [0.1, 0.15) is 40.0 Å². The molecule has 0 atom stereocenters. The van der Waals surface area contributed by atoms with Crippen LogP contribution >= 0.6 is 0 Å². The molecule has 1 aliphatic rings. The SMILES string of the molecule is CC(C)(C)OC(=O)NCCC(=O)OCC(=O)ON1C(=O)CCC1=O. The number of esters is 1. The zero-order valence-electron chi connectivity index (χ0n) is 13.7. The van der Waals surface area contributed by atoms with E-state index in [1.54, 1.807) is 20.8 Å². The molecule has 134 valence electrons. The molecular formula is C14H20N2O8. The van der Waals surface area contributed by atoms with Gasteiger partial charge in [-0.1, -0.05) is 0 Å². The maximum Gasteiger partial charge on any atom is 0.407 e. The van der Waals surface area contributed by atoms with Crippen molar-refractivity contribution in [2.45, 2.75) is 45.6 Å². The van der Waals surface area contributed by atoms with Crippen LogP contribution in [0, 0.1) is 0 Å². The zero-order chi connectivity index (χ0) is 18.3. The number of amides is 3. The standard InChI is InChI=1S/C14H20N2O8/c1-14(2,3)23-13(21)15-7-6-11(19)22-8-12(20)24-16-9(17)4-5-10(16)18/h4-8H2,1-3H3,(H,15,21). The van der Waals surface area contributed by atoms with E-state index in [0.717, 1.165) is 0 Å². The molecule has 0 saturated carbocycles. The van der Waals surface area contributed by atoms with Crippen LogP contribution in [0.15, 0.2) is 0 Å². The van der Waals surface area contributed by atoms with Crippen molar-refractivity contribution < 1.29 is 38.3 Å². The molecule has 0 aromatic carbocycles. The minimum atomic E-state index is -1.05. The van der Waals surface area contributed by atoms with E-state index in [2.05, 4.69) is 14.9 Å². The van der Waals surface area contributed by atoms with Crippen molar-refractivity contribution in [1.29, 1.82) is 0 Å². The third-order valence-electron chi connectivity index (χ3n) is 2.55. The largest absolute Gasteiger partial charge is 0.454 e. The highest BCUT2D eigenvalue weighted by atomic mass is 16.7. The molecule has 1 heterocycles. The lowest BCUT2D eigenvalue weighted by Gasteiger charge is -2.19. The summed E-state index contributed by atoms with van der Waals surface area (Å²) in [5.74, 6) is -3.06. The van der Waals surface area contributed by atoms with Crippen LogP contribution in [0.25, 0.3) is 0 Å². The van der Waals surface area contributed by atoms with Crippen LogP contribution in [0.5, 0.6) is 0 Å². The Morgan fingerprint density at radius 1 is 1.08 bits per heavy atom. The van der Waals surface area contributed by atoms with Gasteiger partial charge in [0.25, 0.3) is 11.8 Å². The van der Waals surface area contributed by atoms with E-state index in [4.69, 9.17) is 4.74 Å². The number of hydrogen-bond donors (Lipinski definition) is 1. The molecule has 1 aliphatic heterocycles. The molecule has 0 spiro atoms. The first-order valence-electron chi connectivity index (χ1n) is 7.27. The number of carbonyl (C=O) groups is 5. The van der Waals surface area contributed by atoms with Gasteiger partial charge in [0.05, 0.1) is 6.42 Å². The Labute approximate surface area is 138 Å². The topological polar surface area (TPSA) is 128 Å². The molecule has 24 heavy (non-hydrogen) atoms. The molecule has 0 unspecified atom stereocenters. The number of nitrogens with one attached hydrogen (secondary N) is 1. The highest BCUT2D eigenvalue weighted by Gasteiger charge is 2.33. The lowest BCUT2D eigenvalue weighted by Crippen LogP contribution is -2.35. The summed E-state index contributed by atoms with van der Waals surface area (Å²) < 4.78 is 9.58. The summed E-state index contributed by atoms with van der Waals surface area (Å²) in [7, 11) is 0. The number of alkyl carbamates (subject to hydrolysis) is 1. The van der Waals surface area contributed by atoms with Crippen LogP contribution in [-0.4, -0.2) is 53.7 Å². The number of imide groups is 1. The summed E-state index contributed by atoms with van der Waals surface area (Å²) in [6.07, 6.45) is -0.917. The van der Waals surface area contributed by atoms with Gasteiger partial charge in [-0.15, -0.1) is 5.06 Å². The predicted molar refractivity (Wildman–Crippen MR) is 77.0 cm³/mol. The summed E-state index contributed by atoms with van der Waals surface area (Å²) in [5.41, 5.74) is -0.654. The van der Waals surface area contributed by atoms with Crippen molar-refractivity contribution >= 4 is 29.8 Å². The fourth-order valence-corrected chi connectivity index (χ4v) is 1.58. The number of carbonyl (C=O) groups excluding carboxylic acids is 5. The maximum absolute atomic E-state index is 11.4. The summed E-state index contributed by atoms with van der Waals surface area (Å²) >= 11 is 0. The molecule has 3 amide bonds. The van der Waals surface area contributed by atoms with Crippen molar-refractivity contribution in [1.82, 2.24) is 10.4 Å². The minimum absolute atomic E-state index is 0.0256. The first-order chi connectivity index (χ1) is 11.1. The van der Waals surface area contributed by atoms with E-state index < -0.39 is 42.1 Å². The second-order valence-electron chi connectivity index (χ2n) is 5.88. The monoisotopic (exact) mass is 344 g/mol. The van der Waals surface area contributed by atoms with E-state index >= 15 is 0 Å². The normalized spacial score (nSPS) is 14.4. The van der Waals surface area contributed by atoms with Gasteiger partial charge < -0.3 is 19.6 Å². The molecule has 1 rings (SSSR count). The summed E-state index contributed by atoms with van der Waals surface area (Å²) in [6.45, 7) is 4.31. The number of rotatable bonds is 6. The van der Waals surface area contributed by atoms with Crippen LogP contribution in [0.4, 0.5) is 4.79 Å². The van der Waals surface area contributed by atoms with Gasteiger partial charge in [-0.25, -0.2) is 9.59 Å². The maximum atomic E-state index is 11.4. The molecular weight excluding hydrogens is 324 g/mol. The number of ether oxygens (including phenoxy) is 2. The van der Waals surface area contributed by atoms with Gasteiger partial charge in [-0.05, 0) is 20.8 Å². The predicted octanol–water partition coefficient (Wildman–Crippen LogP) is 0.0516. The van der Waals surface area contributed by atoms with Gasteiger partial charge in [0.15, 0.2) is 6.61 Å². The molecule has 1 saturated heterocycles. The van der Waals surface area contributed by atoms with Crippen molar-refractivity contribution in [3.63, 3.8) is 0 Å². The van der Waals surface area contributed by atoms with Gasteiger partial charge in [0.1, 0.15) is 5.60 Å². The molecule has 10 nitrogen and oxygen atoms in total. The molecule has 10 heteroatoms. The van der Waals surface area contributed by atoms with E-state index in [9.17, 15) is 24.0 Å². The summed E-state index contributed by atoms with van der Waals surface area (Å²) in [5, 5.41) is 2.71. The van der Waals surface area contributed by atoms with Crippen LogP contribution < -0.4 is 5.32 Å². The zero-order valence-corrected chi connectivity index (χ0v) is 13.7. The Balaban J connectivity index is 2.19. The third-order valence-corrected chi connectivity index (χ3v) is 2.55. The van der Waals surface area contributed by atoms with Crippen molar-refractivity contribution in [2.24, 2.45) is 0 Å². The van der Waals surface area contributed by atoms with Crippen molar-refractivity contribution in [2.75, 3.05) is 13.2 Å². The molecule has 0 aliphatic carbocycles. The molecule has 0 aromatic rings. The van der Waals surface area contributed by atoms with Crippen LogP contribution in [0.3, 0.4) is 0 Å². The Bertz CT molecular complexity index is 521. The van der Waals surface area contributed by atoms with Gasteiger partial charge in [-0.3, -0.25) is 14.4 Å². The molecule has 0 bridgehead atoms. The lowest BCUT2D eigenvalue weighted by atomic mass is 10.2. The summed E-state index contributed by atoms with van der Waals surface area (Å²) in [6, 6.07) is 0. The highest BCUT2D eigenvalue weighted by molar-refractivity contribution is 6.01. The van der Waals surface area contributed by atoms with Crippen molar-refractivity contribution in [3.05, 3.63) is 0 Å². The molecule has 0 aromatic heterocycles. The fraction of sp³-hybridized carbons (Fsp3) is 0.643. The second kappa shape index (κ2) is 8.27. The van der Waals surface area contributed by atoms with Gasteiger partial charge in [-0.2, -0.15) is 0 Å². The van der Waals surface area contributed by atoms with E-state index in [1.165, 1.54) is 0 Å². The Kier molecular flexibility index (Phi) is 6.69. The van der Waals surface area contributed by atoms with E-state index in [0.29, 0.717) is 5.06 Å². The highest BCUT2D eigenvalue weighted by Crippen LogP contribution is 2.12. The molecule has 1 fully saturated rings. The average molecular weight is 344 g/mol. The summed E-state index contributed by atoms with van der Waals surface area (Å²) in [4.78, 5) is 61.1. The van der Waals surface area contributed by atoms with Crippen LogP contribution in [0.2, 0.25) is 0 Å². The molecule has 1 N–H and O–H groups in total. The first-order valence-corrected chi connectivity index (χ1v) is 7.27. The second-order valence-corrected chi connectivity index (χ2v) is 5.88. The van der Waals surface area contributed by atoms with Crippen molar-refractivity contribution in [3.8, 4) is 0 Å². The number of nitrogens with zero attached hydrogens (tertiary/aromatic N) is 1. The minimum Gasteiger partial charge on any atom is -0.454 e. The van der Waals surface area contributed by atoms with Gasteiger partial charge in [0, 0.05) is 19.4 Å². The third kappa shape index (κ3) is 7.07. The van der Waals surface area contributed by atoms with Crippen LogP contribution in [-0.2, 0) is 33.5 Å². The quantitative estimate of drug-likeness (QED) is 0.529. The van der Waals surface area contributed by atoms with Gasteiger partial charge >= 0.3 is 18.0 Å². The van der Waals surface area contributed by atoms with E-state index in [1.807, 2.05) is 0 Å². The molecule has 0 radical (unpaired) electrons. The van der Waals surface area contributed by atoms with Gasteiger partial charge in [0.2, 0.25) is 0 Å². The average Bonchev–Trinajstić information content (AvgIpc) is 2.75. The Hall–Kier alpha value is -2.65. The first kappa shape index (κ1) is 19.4. The number of hydrogen-bond acceptors (Lipinski definition) is 8. The Morgan fingerprint density at radius 2 is 1.67 bits per heavy atom. The smallest absolute Gasteiger partial charge is 0.407 e. The lowest BCUT2D eigenvalue weighted by molar-refractivity contribution is -0.200. The Morgan fingerprint density at radius 3 is 2.21 bits per heavy atom. The number of hydroxylamine groups is 2. The van der Waals surface area contributed by atoms with E-state index in [-0.39, 0.29) is 25.8 Å².